The third-order valence-corrected chi connectivity index (χ3v) is 2.57. The minimum absolute atomic E-state index is 0.119. The Bertz CT molecular complexity index is 639. The van der Waals surface area contributed by atoms with Crippen LogP contribution in [0.1, 0.15) is 10.4 Å². The van der Waals surface area contributed by atoms with Crippen molar-refractivity contribution in [1.29, 1.82) is 0 Å². The van der Waals surface area contributed by atoms with Crippen LogP contribution in [-0.4, -0.2) is 16.0 Å². The molecule has 0 unspecified atom stereocenters. The molecule has 5 nitrogen and oxygen atoms in total. The summed E-state index contributed by atoms with van der Waals surface area (Å²) in [6.45, 7) is 0. The fraction of sp³-hybridized carbons (Fsp3) is 0. The van der Waals surface area contributed by atoms with Crippen molar-refractivity contribution in [2.24, 2.45) is 0 Å². The highest BCUT2D eigenvalue weighted by Crippen LogP contribution is 2.29. The summed E-state index contributed by atoms with van der Waals surface area (Å²) in [5, 5.41) is 20.9. The fourth-order valence-corrected chi connectivity index (χ4v) is 1.76. The number of carboxylic acids is 1. The number of carboxylic acid groups (broad SMARTS) is 1. The number of hydrogen-bond donors (Lipinski definition) is 1. The van der Waals surface area contributed by atoms with E-state index < -0.39 is 10.9 Å². The first kappa shape index (κ1) is 11.3. The topological polar surface area (TPSA) is 80.4 Å². The molecular formula is C11H6ClNO4. The molecular weight excluding hydrogens is 246 g/mol. The van der Waals surface area contributed by atoms with Gasteiger partial charge in [-0.3, -0.25) is 10.1 Å². The van der Waals surface area contributed by atoms with Crippen LogP contribution in [0.3, 0.4) is 0 Å². The van der Waals surface area contributed by atoms with Crippen molar-refractivity contribution in [3.05, 3.63) is 51.0 Å². The molecule has 0 aliphatic heterocycles. The van der Waals surface area contributed by atoms with E-state index in [-0.39, 0.29) is 11.3 Å². The lowest BCUT2D eigenvalue weighted by Crippen LogP contribution is -1.99. The third-order valence-electron chi connectivity index (χ3n) is 2.34. The van der Waals surface area contributed by atoms with Crippen molar-refractivity contribution >= 4 is 34.0 Å². The minimum atomic E-state index is -1.20. The summed E-state index contributed by atoms with van der Waals surface area (Å²) in [7, 11) is 0. The maximum absolute atomic E-state index is 10.9. The second-order valence-corrected chi connectivity index (χ2v) is 3.86. The molecule has 0 aromatic heterocycles. The van der Waals surface area contributed by atoms with Crippen LogP contribution in [0.5, 0.6) is 0 Å². The number of halogens is 1. The summed E-state index contributed by atoms with van der Waals surface area (Å²) in [5.41, 5.74) is -0.381. The van der Waals surface area contributed by atoms with Crippen LogP contribution < -0.4 is 0 Å². The molecule has 0 saturated carbocycles. The first-order valence-corrected chi connectivity index (χ1v) is 4.98. The Kier molecular flexibility index (Phi) is 2.69. The van der Waals surface area contributed by atoms with Gasteiger partial charge < -0.3 is 5.11 Å². The van der Waals surface area contributed by atoms with Gasteiger partial charge in [0.05, 0.1) is 15.9 Å². The molecule has 0 radical (unpaired) electrons. The van der Waals surface area contributed by atoms with Gasteiger partial charge in [-0.15, -0.1) is 0 Å². The van der Waals surface area contributed by atoms with Crippen molar-refractivity contribution in [3.8, 4) is 0 Å². The lowest BCUT2D eigenvalue weighted by molar-refractivity contribution is -0.383. The van der Waals surface area contributed by atoms with Gasteiger partial charge in [0.15, 0.2) is 0 Å². The number of hydrogen-bond acceptors (Lipinski definition) is 3. The molecule has 0 spiro atoms. The van der Waals surface area contributed by atoms with Gasteiger partial charge in [0.1, 0.15) is 0 Å². The summed E-state index contributed by atoms with van der Waals surface area (Å²) in [6.07, 6.45) is 0. The summed E-state index contributed by atoms with van der Waals surface area (Å²) in [6, 6.07) is 6.96. The van der Waals surface area contributed by atoms with Crippen LogP contribution in [0.2, 0.25) is 5.02 Å². The number of carbonyl (C=O) groups is 1. The smallest absolute Gasteiger partial charge is 0.335 e. The van der Waals surface area contributed by atoms with E-state index in [0.717, 1.165) is 6.07 Å². The molecule has 2 aromatic carbocycles. The molecule has 0 heterocycles. The highest BCUT2D eigenvalue weighted by Gasteiger charge is 2.16. The maximum Gasteiger partial charge on any atom is 0.335 e. The van der Waals surface area contributed by atoms with E-state index in [1.165, 1.54) is 12.1 Å². The third kappa shape index (κ3) is 2.05. The second kappa shape index (κ2) is 4.03. The number of fused-ring (bicyclic) bond motifs is 1. The predicted octanol–water partition coefficient (Wildman–Crippen LogP) is 3.10. The van der Waals surface area contributed by atoms with E-state index in [2.05, 4.69) is 0 Å². The molecule has 0 bridgehead atoms. The summed E-state index contributed by atoms with van der Waals surface area (Å²) in [5.74, 6) is -1.20. The van der Waals surface area contributed by atoms with Crippen LogP contribution in [0.25, 0.3) is 10.8 Å². The van der Waals surface area contributed by atoms with Crippen molar-refractivity contribution < 1.29 is 14.8 Å². The molecule has 17 heavy (non-hydrogen) atoms. The van der Waals surface area contributed by atoms with E-state index in [1.807, 2.05) is 0 Å². The van der Waals surface area contributed by atoms with E-state index in [4.69, 9.17) is 16.7 Å². The number of rotatable bonds is 2. The van der Waals surface area contributed by atoms with Gasteiger partial charge in [0.2, 0.25) is 0 Å². The number of nitro groups is 1. The van der Waals surface area contributed by atoms with Gasteiger partial charge in [-0.25, -0.2) is 4.79 Å². The zero-order chi connectivity index (χ0) is 12.6. The summed E-state index contributed by atoms with van der Waals surface area (Å²) in [4.78, 5) is 21.1. The van der Waals surface area contributed by atoms with Gasteiger partial charge in [-0.05, 0) is 23.6 Å². The lowest BCUT2D eigenvalue weighted by Gasteiger charge is -2.02. The molecule has 2 aromatic rings. The van der Waals surface area contributed by atoms with Gasteiger partial charge in [-0.1, -0.05) is 17.7 Å². The van der Waals surface area contributed by atoms with Gasteiger partial charge in [-0.2, -0.15) is 0 Å². The molecule has 1 N–H and O–H groups in total. The standard InChI is InChI=1S/C11H6ClNO4/c12-8-2-1-6-3-7(11(14)15)4-10(13(16)17)9(6)5-8/h1-5H,(H,14,15). The predicted molar refractivity (Wildman–Crippen MR) is 62.6 cm³/mol. The average molecular weight is 252 g/mol. The van der Waals surface area contributed by atoms with Gasteiger partial charge >= 0.3 is 5.97 Å². The number of nitro benzene ring substituents is 1. The van der Waals surface area contributed by atoms with E-state index >= 15 is 0 Å². The molecule has 2 rings (SSSR count). The number of nitrogens with zero attached hydrogens (tertiary/aromatic N) is 1. The van der Waals surface area contributed by atoms with Crippen molar-refractivity contribution in [3.63, 3.8) is 0 Å². The molecule has 0 fully saturated rings. The van der Waals surface area contributed by atoms with Gasteiger partial charge in [0.25, 0.3) is 5.69 Å². The number of aromatic carboxylic acids is 1. The van der Waals surface area contributed by atoms with Crippen LogP contribution in [0.4, 0.5) is 5.69 Å². The number of non-ortho nitro benzene ring substituents is 1. The first-order valence-electron chi connectivity index (χ1n) is 4.60. The van der Waals surface area contributed by atoms with E-state index in [1.54, 1.807) is 12.1 Å². The Balaban J connectivity index is 2.86. The molecule has 0 saturated heterocycles. The van der Waals surface area contributed by atoms with Crippen molar-refractivity contribution in [1.82, 2.24) is 0 Å². The SMILES string of the molecule is O=C(O)c1cc([N+](=O)[O-])c2cc(Cl)ccc2c1. The Hall–Kier alpha value is -2.14. The molecule has 0 aliphatic rings. The zero-order valence-corrected chi connectivity index (χ0v) is 9.14. The van der Waals surface area contributed by atoms with E-state index in [9.17, 15) is 14.9 Å². The first-order chi connectivity index (χ1) is 7.99. The fourth-order valence-electron chi connectivity index (χ4n) is 1.58. The molecule has 0 aliphatic carbocycles. The molecule has 0 amide bonds. The second-order valence-electron chi connectivity index (χ2n) is 3.42. The van der Waals surface area contributed by atoms with Crippen LogP contribution in [0, 0.1) is 10.1 Å². The van der Waals surface area contributed by atoms with Crippen LogP contribution in [0.15, 0.2) is 30.3 Å². The zero-order valence-electron chi connectivity index (χ0n) is 8.38. The number of benzene rings is 2. The maximum atomic E-state index is 10.9. The van der Waals surface area contributed by atoms with Crippen molar-refractivity contribution in [2.75, 3.05) is 0 Å². The Morgan fingerprint density at radius 3 is 2.59 bits per heavy atom. The van der Waals surface area contributed by atoms with Crippen molar-refractivity contribution in [2.45, 2.75) is 0 Å². The minimum Gasteiger partial charge on any atom is -0.478 e. The van der Waals surface area contributed by atoms with Crippen LogP contribution in [-0.2, 0) is 0 Å². The Morgan fingerprint density at radius 2 is 2.00 bits per heavy atom. The lowest BCUT2D eigenvalue weighted by atomic mass is 10.1. The van der Waals surface area contributed by atoms with E-state index in [0.29, 0.717) is 15.8 Å². The molecule has 6 heteroatoms. The van der Waals surface area contributed by atoms with Crippen LogP contribution >= 0.6 is 11.6 Å². The molecule has 86 valence electrons. The Labute approximate surface area is 100 Å². The van der Waals surface area contributed by atoms with Gasteiger partial charge in [0, 0.05) is 11.1 Å². The average Bonchev–Trinajstić information content (AvgIpc) is 2.27. The largest absolute Gasteiger partial charge is 0.478 e. The highest BCUT2D eigenvalue weighted by molar-refractivity contribution is 6.31. The highest BCUT2D eigenvalue weighted by atomic mass is 35.5. The summed E-state index contributed by atoms with van der Waals surface area (Å²) >= 11 is 5.76. The monoisotopic (exact) mass is 251 g/mol. The normalized spacial score (nSPS) is 10.4. The summed E-state index contributed by atoms with van der Waals surface area (Å²) < 4.78 is 0. The quantitative estimate of drug-likeness (QED) is 0.657. The Morgan fingerprint density at radius 1 is 1.29 bits per heavy atom. The molecule has 0 atom stereocenters.